The molecular formula is C16H20BrN3. The van der Waals surface area contributed by atoms with Gasteiger partial charge < -0.3 is 5.32 Å². The lowest BCUT2D eigenvalue weighted by Gasteiger charge is -2.43. The predicted octanol–water partition coefficient (Wildman–Crippen LogP) is 3.31. The fourth-order valence-electron chi connectivity index (χ4n) is 2.83. The van der Waals surface area contributed by atoms with Crippen LogP contribution in [0.4, 0.5) is 0 Å². The number of benzene rings is 1. The predicted molar refractivity (Wildman–Crippen MR) is 85.0 cm³/mol. The Bertz CT molecular complexity index is 599. The summed E-state index contributed by atoms with van der Waals surface area (Å²) in [7, 11) is 0. The first-order valence-electron chi connectivity index (χ1n) is 7.10. The van der Waals surface area contributed by atoms with Gasteiger partial charge in [0.2, 0.25) is 0 Å². The van der Waals surface area contributed by atoms with Crippen LogP contribution >= 0.6 is 15.9 Å². The summed E-state index contributed by atoms with van der Waals surface area (Å²) in [5, 5.41) is 8.13. The molecule has 0 aliphatic carbocycles. The van der Waals surface area contributed by atoms with Crippen LogP contribution in [-0.2, 0) is 11.8 Å². The first-order chi connectivity index (χ1) is 9.61. The third kappa shape index (κ3) is 2.42. The molecular weight excluding hydrogens is 314 g/mol. The number of rotatable bonds is 4. The minimum Gasteiger partial charge on any atom is -0.315 e. The van der Waals surface area contributed by atoms with Crippen LogP contribution in [0, 0.1) is 0 Å². The van der Waals surface area contributed by atoms with Gasteiger partial charge in [0.05, 0.1) is 5.69 Å². The summed E-state index contributed by atoms with van der Waals surface area (Å²) in [6.07, 6.45) is 3.07. The second-order valence-electron chi connectivity index (χ2n) is 5.92. The van der Waals surface area contributed by atoms with E-state index in [9.17, 15) is 0 Å². The van der Waals surface area contributed by atoms with Crippen molar-refractivity contribution in [3.63, 3.8) is 0 Å². The van der Waals surface area contributed by atoms with Gasteiger partial charge in [0.15, 0.2) is 0 Å². The molecule has 0 saturated carbocycles. The SMILES string of the molecule is CC(C)n1ccc(CC2(c3ccccc3Br)CNC2)n1. The van der Waals surface area contributed by atoms with Crippen LogP contribution < -0.4 is 5.32 Å². The summed E-state index contributed by atoms with van der Waals surface area (Å²) in [6.45, 7) is 6.35. The molecule has 3 rings (SSSR count). The molecule has 0 spiro atoms. The van der Waals surface area contributed by atoms with Crippen molar-refractivity contribution in [3.8, 4) is 0 Å². The van der Waals surface area contributed by atoms with Crippen LogP contribution in [-0.4, -0.2) is 22.9 Å². The van der Waals surface area contributed by atoms with E-state index in [1.807, 2.05) is 4.68 Å². The lowest BCUT2D eigenvalue weighted by atomic mass is 9.72. The van der Waals surface area contributed by atoms with Crippen molar-refractivity contribution in [2.45, 2.75) is 31.7 Å². The van der Waals surface area contributed by atoms with E-state index >= 15 is 0 Å². The zero-order chi connectivity index (χ0) is 14.2. The molecule has 0 atom stereocenters. The molecule has 20 heavy (non-hydrogen) atoms. The number of aromatic nitrogens is 2. The molecule has 1 N–H and O–H groups in total. The maximum atomic E-state index is 4.71. The van der Waals surface area contributed by atoms with E-state index in [0.29, 0.717) is 6.04 Å². The van der Waals surface area contributed by atoms with E-state index < -0.39 is 0 Å². The molecule has 2 aromatic rings. The maximum absolute atomic E-state index is 4.71. The number of hydrogen-bond acceptors (Lipinski definition) is 2. The zero-order valence-electron chi connectivity index (χ0n) is 11.9. The molecule has 1 aromatic heterocycles. The monoisotopic (exact) mass is 333 g/mol. The third-order valence-electron chi connectivity index (χ3n) is 4.08. The second kappa shape index (κ2) is 5.34. The summed E-state index contributed by atoms with van der Waals surface area (Å²) in [5.41, 5.74) is 2.74. The molecule has 2 heterocycles. The summed E-state index contributed by atoms with van der Waals surface area (Å²) in [6, 6.07) is 11.1. The molecule has 4 heteroatoms. The Labute approximate surface area is 128 Å². The molecule has 1 aromatic carbocycles. The molecule has 0 radical (unpaired) electrons. The van der Waals surface area contributed by atoms with E-state index in [1.165, 1.54) is 15.7 Å². The van der Waals surface area contributed by atoms with Gasteiger partial charge >= 0.3 is 0 Å². The Morgan fingerprint density at radius 1 is 1.30 bits per heavy atom. The molecule has 3 nitrogen and oxygen atoms in total. The van der Waals surface area contributed by atoms with Crippen molar-refractivity contribution < 1.29 is 0 Å². The Morgan fingerprint density at radius 2 is 2.05 bits per heavy atom. The number of halogens is 1. The molecule has 0 bridgehead atoms. The van der Waals surface area contributed by atoms with Crippen LogP contribution in [0.25, 0.3) is 0 Å². The molecule has 1 fully saturated rings. The Balaban J connectivity index is 1.88. The summed E-state index contributed by atoms with van der Waals surface area (Å²) in [4.78, 5) is 0. The van der Waals surface area contributed by atoms with Crippen LogP contribution in [0.2, 0.25) is 0 Å². The number of nitrogens with one attached hydrogen (secondary N) is 1. The molecule has 0 unspecified atom stereocenters. The van der Waals surface area contributed by atoms with Gasteiger partial charge in [-0.05, 0) is 31.5 Å². The van der Waals surface area contributed by atoms with Crippen molar-refractivity contribution in [1.82, 2.24) is 15.1 Å². The van der Waals surface area contributed by atoms with Crippen LogP contribution in [0.1, 0.15) is 31.1 Å². The minimum atomic E-state index is 0.177. The van der Waals surface area contributed by atoms with Crippen molar-refractivity contribution in [2.24, 2.45) is 0 Å². The van der Waals surface area contributed by atoms with E-state index in [2.05, 4.69) is 71.6 Å². The van der Waals surface area contributed by atoms with Crippen molar-refractivity contribution in [1.29, 1.82) is 0 Å². The van der Waals surface area contributed by atoms with Crippen LogP contribution in [0.3, 0.4) is 0 Å². The molecule has 106 valence electrons. The average Bonchev–Trinajstić information content (AvgIpc) is 2.83. The van der Waals surface area contributed by atoms with Gasteiger partial charge in [-0.1, -0.05) is 34.1 Å². The normalized spacial score (nSPS) is 17.2. The molecule has 1 aliphatic rings. The van der Waals surface area contributed by atoms with Gasteiger partial charge in [0.25, 0.3) is 0 Å². The van der Waals surface area contributed by atoms with Gasteiger partial charge in [-0.15, -0.1) is 0 Å². The topological polar surface area (TPSA) is 29.9 Å². The highest BCUT2D eigenvalue weighted by Gasteiger charge is 2.40. The fourth-order valence-corrected chi connectivity index (χ4v) is 3.54. The zero-order valence-corrected chi connectivity index (χ0v) is 13.5. The number of hydrogen-bond donors (Lipinski definition) is 1. The van der Waals surface area contributed by atoms with E-state index in [0.717, 1.165) is 19.5 Å². The summed E-state index contributed by atoms with van der Waals surface area (Å²) >= 11 is 3.70. The van der Waals surface area contributed by atoms with E-state index in [-0.39, 0.29) is 5.41 Å². The smallest absolute Gasteiger partial charge is 0.0634 e. The fraction of sp³-hybridized carbons (Fsp3) is 0.438. The lowest BCUT2D eigenvalue weighted by Crippen LogP contribution is -2.58. The highest BCUT2D eigenvalue weighted by Crippen LogP contribution is 2.36. The molecule has 1 aliphatic heterocycles. The van der Waals surface area contributed by atoms with Gasteiger partial charge in [-0.25, -0.2) is 0 Å². The average molecular weight is 334 g/mol. The summed E-state index contributed by atoms with van der Waals surface area (Å²) < 4.78 is 3.24. The molecule has 0 amide bonds. The number of nitrogens with zero attached hydrogens (tertiary/aromatic N) is 2. The van der Waals surface area contributed by atoms with Gasteiger partial charge in [-0.3, -0.25) is 4.68 Å². The second-order valence-corrected chi connectivity index (χ2v) is 6.78. The highest BCUT2D eigenvalue weighted by molar-refractivity contribution is 9.10. The Morgan fingerprint density at radius 3 is 2.60 bits per heavy atom. The standard InChI is InChI=1S/C16H20BrN3/c1-12(2)20-8-7-13(19-20)9-16(10-18-11-16)14-5-3-4-6-15(14)17/h3-8,12,18H,9-11H2,1-2H3. The van der Waals surface area contributed by atoms with Gasteiger partial charge in [0, 0.05) is 41.6 Å². The molecule has 1 saturated heterocycles. The largest absolute Gasteiger partial charge is 0.315 e. The minimum absolute atomic E-state index is 0.177. The Hall–Kier alpha value is -1.13. The van der Waals surface area contributed by atoms with Crippen LogP contribution in [0.15, 0.2) is 41.0 Å². The van der Waals surface area contributed by atoms with Gasteiger partial charge in [0.1, 0.15) is 0 Å². The van der Waals surface area contributed by atoms with E-state index in [4.69, 9.17) is 5.10 Å². The Kier molecular flexibility index (Phi) is 3.69. The third-order valence-corrected chi connectivity index (χ3v) is 4.78. The van der Waals surface area contributed by atoms with Crippen molar-refractivity contribution in [3.05, 3.63) is 52.3 Å². The lowest BCUT2D eigenvalue weighted by molar-refractivity contribution is 0.270. The van der Waals surface area contributed by atoms with E-state index in [1.54, 1.807) is 0 Å². The van der Waals surface area contributed by atoms with Crippen molar-refractivity contribution >= 4 is 15.9 Å². The van der Waals surface area contributed by atoms with Crippen LogP contribution in [0.5, 0.6) is 0 Å². The first-order valence-corrected chi connectivity index (χ1v) is 7.90. The quantitative estimate of drug-likeness (QED) is 0.930. The highest BCUT2D eigenvalue weighted by atomic mass is 79.9. The first kappa shape index (κ1) is 13.8. The van der Waals surface area contributed by atoms with Crippen molar-refractivity contribution in [2.75, 3.05) is 13.1 Å². The summed E-state index contributed by atoms with van der Waals surface area (Å²) in [5.74, 6) is 0. The maximum Gasteiger partial charge on any atom is 0.0634 e. The van der Waals surface area contributed by atoms with Gasteiger partial charge in [-0.2, -0.15) is 5.10 Å².